The Morgan fingerprint density at radius 1 is 1.10 bits per heavy atom. The fourth-order valence-corrected chi connectivity index (χ4v) is 2.32. The lowest BCUT2D eigenvalue weighted by molar-refractivity contribution is 0.576. The summed E-state index contributed by atoms with van der Waals surface area (Å²) >= 11 is 0. The summed E-state index contributed by atoms with van der Waals surface area (Å²) in [5.74, 6) is 0. The zero-order chi connectivity index (χ0) is 13.9. The van der Waals surface area contributed by atoms with E-state index in [0.29, 0.717) is 0 Å². The Kier molecular flexibility index (Phi) is 3.30. The van der Waals surface area contributed by atoms with E-state index in [4.69, 9.17) is 0 Å². The van der Waals surface area contributed by atoms with Gasteiger partial charge in [0.15, 0.2) is 0 Å². The third-order valence-corrected chi connectivity index (χ3v) is 3.32. The van der Waals surface area contributed by atoms with Crippen LogP contribution in [-0.4, -0.2) is 31.8 Å². The molecule has 0 spiro atoms. The molecule has 0 radical (unpaired) electrons. The molecular formula is C14H16N6. The van der Waals surface area contributed by atoms with Crippen molar-refractivity contribution in [3.8, 4) is 5.69 Å². The van der Waals surface area contributed by atoms with E-state index in [9.17, 15) is 0 Å². The van der Waals surface area contributed by atoms with Gasteiger partial charge >= 0.3 is 0 Å². The van der Waals surface area contributed by atoms with Crippen molar-refractivity contribution >= 4 is 0 Å². The first kappa shape index (κ1) is 12.6. The van der Waals surface area contributed by atoms with E-state index in [1.807, 2.05) is 59.9 Å². The number of para-hydroxylation sites is 1. The van der Waals surface area contributed by atoms with E-state index < -0.39 is 0 Å². The average molecular weight is 268 g/mol. The zero-order valence-corrected chi connectivity index (χ0v) is 11.4. The minimum Gasteiger partial charge on any atom is -0.307 e. The number of nitrogens with one attached hydrogen (secondary N) is 1. The molecule has 0 bridgehead atoms. The van der Waals surface area contributed by atoms with Crippen LogP contribution in [-0.2, 0) is 7.05 Å². The van der Waals surface area contributed by atoms with Crippen LogP contribution in [0.5, 0.6) is 0 Å². The summed E-state index contributed by atoms with van der Waals surface area (Å²) in [5, 5.41) is 15.8. The maximum Gasteiger partial charge on any atom is 0.0937 e. The quantitative estimate of drug-likeness (QED) is 0.775. The molecule has 0 aliphatic carbocycles. The molecule has 102 valence electrons. The van der Waals surface area contributed by atoms with Gasteiger partial charge in [-0.2, -0.15) is 5.10 Å². The average Bonchev–Trinajstić information content (AvgIpc) is 3.11. The van der Waals surface area contributed by atoms with Crippen molar-refractivity contribution in [1.82, 2.24) is 30.1 Å². The van der Waals surface area contributed by atoms with Gasteiger partial charge < -0.3 is 5.32 Å². The largest absolute Gasteiger partial charge is 0.307 e. The fraction of sp³-hybridized carbons (Fsp3) is 0.214. The molecule has 0 saturated heterocycles. The highest BCUT2D eigenvalue weighted by molar-refractivity contribution is 5.34. The van der Waals surface area contributed by atoms with Crippen LogP contribution in [0.2, 0.25) is 0 Å². The molecule has 20 heavy (non-hydrogen) atoms. The Labute approximate surface area is 117 Å². The second-order valence-corrected chi connectivity index (χ2v) is 4.51. The molecule has 0 fully saturated rings. The molecule has 3 aromatic rings. The molecule has 1 unspecified atom stereocenters. The summed E-state index contributed by atoms with van der Waals surface area (Å²) < 4.78 is 3.69. The number of benzene rings is 1. The van der Waals surface area contributed by atoms with Crippen molar-refractivity contribution in [1.29, 1.82) is 0 Å². The molecule has 1 atom stereocenters. The van der Waals surface area contributed by atoms with Crippen LogP contribution in [0, 0.1) is 0 Å². The first-order valence-electron chi connectivity index (χ1n) is 6.42. The lowest BCUT2D eigenvalue weighted by Gasteiger charge is -2.17. The highest BCUT2D eigenvalue weighted by Crippen LogP contribution is 2.22. The van der Waals surface area contributed by atoms with Crippen molar-refractivity contribution in [2.75, 3.05) is 7.05 Å². The predicted molar refractivity (Wildman–Crippen MR) is 75.5 cm³/mol. The van der Waals surface area contributed by atoms with Crippen LogP contribution in [0.25, 0.3) is 5.69 Å². The second-order valence-electron chi connectivity index (χ2n) is 4.51. The molecule has 1 aromatic carbocycles. The number of hydrogen-bond acceptors (Lipinski definition) is 4. The smallest absolute Gasteiger partial charge is 0.0937 e. The number of hydrogen-bond donors (Lipinski definition) is 1. The SMILES string of the molecule is CNC(c1ccnn1C)c1cnnn1-c1ccccc1. The van der Waals surface area contributed by atoms with Crippen molar-refractivity contribution < 1.29 is 0 Å². The first-order valence-corrected chi connectivity index (χ1v) is 6.42. The van der Waals surface area contributed by atoms with Gasteiger partial charge in [0.2, 0.25) is 0 Å². The minimum atomic E-state index is -0.0160. The molecule has 1 N–H and O–H groups in total. The van der Waals surface area contributed by atoms with Crippen LogP contribution in [0.4, 0.5) is 0 Å². The first-order chi connectivity index (χ1) is 9.81. The van der Waals surface area contributed by atoms with Crippen LogP contribution in [0.3, 0.4) is 0 Å². The summed E-state index contributed by atoms with van der Waals surface area (Å²) in [4.78, 5) is 0. The Hall–Kier alpha value is -2.47. The fourth-order valence-electron chi connectivity index (χ4n) is 2.32. The molecule has 6 nitrogen and oxygen atoms in total. The summed E-state index contributed by atoms with van der Waals surface area (Å²) in [6.45, 7) is 0. The van der Waals surface area contributed by atoms with E-state index in [2.05, 4.69) is 20.7 Å². The predicted octanol–water partition coefficient (Wildman–Crippen LogP) is 1.31. The van der Waals surface area contributed by atoms with E-state index in [-0.39, 0.29) is 6.04 Å². The standard InChI is InChI=1S/C14H16N6/c1-15-14(12-8-9-17-19(12)2)13-10-16-18-20(13)11-6-4-3-5-7-11/h3-10,14-15H,1-2H3. The highest BCUT2D eigenvalue weighted by atomic mass is 15.4. The topological polar surface area (TPSA) is 60.6 Å². The van der Waals surface area contributed by atoms with Crippen molar-refractivity contribution in [3.63, 3.8) is 0 Å². The molecule has 0 aliphatic rings. The molecule has 6 heteroatoms. The Balaban J connectivity index is 2.07. The molecule has 3 rings (SSSR count). The molecule has 2 heterocycles. The molecule has 0 aliphatic heterocycles. The molecule has 2 aromatic heterocycles. The number of nitrogens with zero attached hydrogens (tertiary/aromatic N) is 5. The summed E-state index contributed by atoms with van der Waals surface area (Å²) in [7, 11) is 3.84. The third kappa shape index (κ3) is 2.10. The third-order valence-electron chi connectivity index (χ3n) is 3.32. The van der Waals surface area contributed by atoms with Gasteiger partial charge in [-0.05, 0) is 25.2 Å². The number of aryl methyl sites for hydroxylation is 1. The van der Waals surface area contributed by atoms with Gasteiger partial charge in [-0.3, -0.25) is 4.68 Å². The highest BCUT2D eigenvalue weighted by Gasteiger charge is 2.20. The number of rotatable bonds is 4. The van der Waals surface area contributed by atoms with Gasteiger partial charge in [0.05, 0.1) is 29.3 Å². The molecule has 0 amide bonds. The van der Waals surface area contributed by atoms with Crippen LogP contribution >= 0.6 is 0 Å². The normalized spacial score (nSPS) is 12.5. The summed E-state index contributed by atoms with van der Waals surface area (Å²) in [5.41, 5.74) is 3.02. The number of aromatic nitrogens is 5. The van der Waals surface area contributed by atoms with Crippen molar-refractivity contribution in [2.45, 2.75) is 6.04 Å². The van der Waals surface area contributed by atoms with Crippen molar-refractivity contribution in [2.24, 2.45) is 7.05 Å². The maximum absolute atomic E-state index is 4.22. The Morgan fingerprint density at radius 3 is 2.55 bits per heavy atom. The summed E-state index contributed by atoms with van der Waals surface area (Å²) in [6, 6.07) is 11.9. The Bertz CT molecular complexity index is 685. The van der Waals surface area contributed by atoms with Gasteiger partial charge in [-0.1, -0.05) is 23.4 Å². The van der Waals surface area contributed by atoms with Crippen LogP contribution in [0.1, 0.15) is 17.4 Å². The van der Waals surface area contributed by atoms with E-state index in [0.717, 1.165) is 17.1 Å². The van der Waals surface area contributed by atoms with E-state index in [1.165, 1.54) is 0 Å². The minimum absolute atomic E-state index is 0.0160. The Morgan fingerprint density at radius 2 is 1.90 bits per heavy atom. The lowest BCUT2D eigenvalue weighted by atomic mass is 10.1. The van der Waals surface area contributed by atoms with E-state index >= 15 is 0 Å². The second kappa shape index (κ2) is 5.26. The van der Waals surface area contributed by atoms with Gasteiger partial charge in [0, 0.05) is 13.2 Å². The monoisotopic (exact) mass is 268 g/mol. The molecule has 0 saturated carbocycles. The van der Waals surface area contributed by atoms with Gasteiger partial charge in [0.1, 0.15) is 0 Å². The van der Waals surface area contributed by atoms with Gasteiger partial charge in [0.25, 0.3) is 0 Å². The van der Waals surface area contributed by atoms with Crippen LogP contribution < -0.4 is 5.32 Å². The van der Waals surface area contributed by atoms with Gasteiger partial charge in [-0.15, -0.1) is 5.10 Å². The van der Waals surface area contributed by atoms with Crippen molar-refractivity contribution in [3.05, 3.63) is 60.2 Å². The lowest BCUT2D eigenvalue weighted by Crippen LogP contribution is -2.23. The van der Waals surface area contributed by atoms with Gasteiger partial charge in [-0.25, -0.2) is 4.68 Å². The summed E-state index contributed by atoms with van der Waals surface area (Å²) in [6.07, 6.45) is 3.57. The molecular weight excluding hydrogens is 252 g/mol. The maximum atomic E-state index is 4.22. The zero-order valence-electron chi connectivity index (χ0n) is 11.4. The van der Waals surface area contributed by atoms with Crippen LogP contribution in [0.15, 0.2) is 48.8 Å². The van der Waals surface area contributed by atoms with E-state index in [1.54, 1.807) is 12.4 Å².